The molecule has 0 aromatic carbocycles. The molecule has 4 unspecified atom stereocenters. The summed E-state index contributed by atoms with van der Waals surface area (Å²) < 4.78 is 0. The lowest BCUT2D eigenvalue weighted by molar-refractivity contribution is -0.143. The number of aliphatic carboxylic acids is 2. The molecule has 0 saturated heterocycles. The molecule has 15 heteroatoms. The number of imidazole rings is 1. The number of hydrogen-bond donors (Lipinski definition) is 8. The topological polar surface area (TPSA) is 260 Å². The zero-order valence-electron chi connectivity index (χ0n) is 20.0. The van der Waals surface area contributed by atoms with Gasteiger partial charge in [0.1, 0.15) is 18.1 Å². The number of aromatic amines is 1. The molecule has 1 aromatic rings. The fourth-order valence-electron chi connectivity index (χ4n) is 3.02. The summed E-state index contributed by atoms with van der Waals surface area (Å²) in [5, 5.41) is 25.5. The van der Waals surface area contributed by atoms with Crippen LogP contribution < -0.4 is 27.4 Å². The normalized spacial score (nSPS) is 14.2. The number of amides is 4. The first-order valence-corrected chi connectivity index (χ1v) is 11.2. The lowest BCUT2D eigenvalue weighted by Crippen LogP contribution is -2.57. The van der Waals surface area contributed by atoms with Crippen molar-refractivity contribution in [1.29, 1.82) is 0 Å². The molecule has 1 aromatic heterocycles. The van der Waals surface area contributed by atoms with Crippen LogP contribution in [-0.4, -0.2) is 79.9 Å². The predicted molar refractivity (Wildman–Crippen MR) is 124 cm³/mol. The van der Waals surface area contributed by atoms with E-state index in [0.717, 1.165) is 0 Å². The molecule has 0 aliphatic carbocycles. The van der Waals surface area contributed by atoms with Gasteiger partial charge in [-0.1, -0.05) is 13.8 Å². The summed E-state index contributed by atoms with van der Waals surface area (Å²) in [4.78, 5) is 78.6. The number of carbonyl (C=O) groups is 6. The van der Waals surface area contributed by atoms with Crippen molar-refractivity contribution < 1.29 is 39.0 Å². The molecule has 4 amide bonds. The third-order valence-electron chi connectivity index (χ3n) is 5.21. The summed E-state index contributed by atoms with van der Waals surface area (Å²) in [5.74, 6) is -6.14. The van der Waals surface area contributed by atoms with Gasteiger partial charge in [0.2, 0.25) is 23.6 Å². The first-order valence-electron chi connectivity index (χ1n) is 11.2. The Labute approximate surface area is 206 Å². The highest BCUT2D eigenvalue weighted by atomic mass is 16.4. The largest absolute Gasteiger partial charge is 0.481 e. The van der Waals surface area contributed by atoms with Crippen LogP contribution in [0.15, 0.2) is 12.5 Å². The van der Waals surface area contributed by atoms with Gasteiger partial charge in [-0.2, -0.15) is 0 Å². The fourth-order valence-corrected chi connectivity index (χ4v) is 3.02. The second kappa shape index (κ2) is 14.4. The van der Waals surface area contributed by atoms with E-state index in [1.165, 1.54) is 12.5 Å². The van der Waals surface area contributed by atoms with Crippen molar-refractivity contribution in [3.05, 3.63) is 18.2 Å². The minimum Gasteiger partial charge on any atom is -0.481 e. The van der Waals surface area contributed by atoms with E-state index in [2.05, 4.69) is 25.9 Å². The van der Waals surface area contributed by atoms with E-state index >= 15 is 0 Å². The van der Waals surface area contributed by atoms with Crippen LogP contribution in [0.5, 0.6) is 0 Å². The maximum atomic E-state index is 12.9. The average Bonchev–Trinajstić information content (AvgIpc) is 3.30. The van der Waals surface area contributed by atoms with Gasteiger partial charge in [0.25, 0.3) is 0 Å². The van der Waals surface area contributed by atoms with Gasteiger partial charge in [-0.15, -0.1) is 0 Å². The number of nitrogens with two attached hydrogens (primary N) is 2. The fraction of sp³-hybridized carbons (Fsp3) is 0.571. The Morgan fingerprint density at radius 3 is 1.89 bits per heavy atom. The van der Waals surface area contributed by atoms with Crippen molar-refractivity contribution in [3.63, 3.8) is 0 Å². The van der Waals surface area contributed by atoms with Crippen LogP contribution in [0.25, 0.3) is 0 Å². The number of hydrogen-bond acceptors (Lipinski definition) is 8. The molecule has 0 saturated carbocycles. The smallest absolute Gasteiger partial charge is 0.326 e. The van der Waals surface area contributed by atoms with Crippen LogP contribution in [0.3, 0.4) is 0 Å². The van der Waals surface area contributed by atoms with Crippen LogP contribution >= 0.6 is 0 Å². The lowest BCUT2D eigenvalue weighted by Gasteiger charge is -2.25. The SMILES string of the molecule is CC(C)C(N)C(=O)NC(CCC(N)=O)C(=O)NC(CCC(=O)O)C(=O)NC(Cc1cnc[nH]1)C(=O)O. The number of carboxylic acids is 2. The van der Waals surface area contributed by atoms with Crippen LogP contribution in [0.2, 0.25) is 0 Å². The molecule has 0 aliphatic rings. The first-order chi connectivity index (χ1) is 16.8. The van der Waals surface area contributed by atoms with Gasteiger partial charge in [-0.3, -0.25) is 24.0 Å². The van der Waals surface area contributed by atoms with Crippen LogP contribution in [0.4, 0.5) is 0 Å². The zero-order chi connectivity index (χ0) is 27.4. The Kier molecular flexibility index (Phi) is 12.0. The molecule has 0 bridgehead atoms. The molecule has 4 atom stereocenters. The van der Waals surface area contributed by atoms with Crippen molar-refractivity contribution in [2.24, 2.45) is 17.4 Å². The van der Waals surface area contributed by atoms with Gasteiger partial charge in [0.15, 0.2) is 0 Å². The number of nitrogens with zero attached hydrogens (tertiary/aromatic N) is 1. The van der Waals surface area contributed by atoms with Crippen LogP contribution in [0.1, 0.15) is 45.2 Å². The molecule has 1 rings (SSSR count). The number of aromatic nitrogens is 2. The molecule has 10 N–H and O–H groups in total. The monoisotopic (exact) mass is 511 g/mol. The van der Waals surface area contributed by atoms with Crippen molar-refractivity contribution in [2.75, 3.05) is 0 Å². The molecule has 0 aliphatic heterocycles. The van der Waals surface area contributed by atoms with Gasteiger partial charge >= 0.3 is 11.9 Å². The maximum Gasteiger partial charge on any atom is 0.326 e. The maximum absolute atomic E-state index is 12.9. The average molecular weight is 512 g/mol. The van der Waals surface area contributed by atoms with E-state index in [-0.39, 0.29) is 31.6 Å². The van der Waals surface area contributed by atoms with E-state index in [1.807, 2.05) is 0 Å². The highest BCUT2D eigenvalue weighted by Gasteiger charge is 2.31. The highest BCUT2D eigenvalue weighted by Crippen LogP contribution is 2.06. The summed E-state index contributed by atoms with van der Waals surface area (Å²) in [5.41, 5.74) is 11.4. The molecule has 1 heterocycles. The molecular weight excluding hydrogens is 478 g/mol. The summed E-state index contributed by atoms with van der Waals surface area (Å²) >= 11 is 0. The van der Waals surface area contributed by atoms with Crippen molar-refractivity contribution in [1.82, 2.24) is 25.9 Å². The summed E-state index contributed by atoms with van der Waals surface area (Å²) in [6, 6.07) is -5.13. The molecule has 0 spiro atoms. The van der Waals surface area contributed by atoms with E-state index in [4.69, 9.17) is 16.6 Å². The van der Waals surface area contributed by atoms with E-state index in [1.54, 1.807) is 13.8 Å². The molecule has 0 fully saturated rings. The first kappa shape index (κ1) is 30.0. The predicted octanol–water partition coefficient (Wildman–Crippen LogP) is -2.40. The number of nitrogens with one attached hydrogen (secondary N) is 4. The van der Waals surface area contributed by atoms with Crippen LogP contribution in [-0.2, 0) is 35.2 Å². The quantitative estimate of drug-likeness (QED) is 0.117. The van der Waals surface area contributed by atoms with Crippen molar-refractivity contribution >= 4 is 35.6 Å². The number of carbonyl (C=O) groups excluding carboxylic acids is 4. The Morgan fingerprint density at radius 2 is 1.44 bits per heavy atom. The third kappa shape index (κ3) is 10.5. The Balaban J connectivity index is 3.04. The molecule has 0 radical (unpaired) electrons. The molecule has 15 nitrogen and oxygen atoms in total. The minimum absolute atomic E-state index is 0.148. The van der Waals surface area contributed by atoms with Gasteiger partial charge in [-0.05, 0) is 18.8 Å². The minimum atomic E-state index is -1.45. The summed E-state index contributed by atoms with van der Waals surface area (Å²) in [6.07, 6.45) is 1.19. The molecule has 36 heavy (non-hydrogen) atoms. The third-order valence-corrected chi connectivity index (χ3v) is 5.21. The van der Waals surface area contributed by atoms with E-state index < -0.39 is 66.2 Å². The molecule has 200 valence electrons. The Bertz CT molecular complexity index is 935. The zero-order valence-corrected chi connectivity index (χ0v) is 20.0. The van der Waals surface area contributed by atoms with Gasteiger partial charge in [0, 0.05) is 31.2 Å². The number of primary amides is 1. The standard InChI is InChI=1S/C21H33N7O8/c1-10(2)17(23)20(34)27-12(3-5-15(22)29)18(32)26-13(4-6-16(30)31)19(33)28-14(21(35)36)7-11-8-24-9-25-11/h8-10,12-14,17H,3-7,23H2,1-2H3,(H2,22,29)(H,24,25)(H,26,32)(H,27,34)(H,28,33)(H,30,31)(H,35,36). The second-order valence-corrected chi connectivity index (χ2v) is 8.51. The van der Waals surface area contributed by atoms with Crippen molar-refractivity contribution in [3.8, 4) is 0 Å². The van der Waals surface area contributed by atoms with E-state index in [9.17, 15) is 33.9 Å². The van der Waals surface area contributed by atoms with Crippen LogP contribution in [0, 0.1) is 5.92 Å². The Morgan fingerprint density at radius 1 is 0.917 bits per heavy atom. The van der Waals surface area contributed by atoms with Crippen molar-refractivity contribution in [2.45, 2.75) is 70.1 Å². The van der Waals surface area contributed by atoms with Gasteiger partial charge < -0.3 is 42.6 Å². The Hall–Kier alpha value is -4.01. The second-order valence-electron chi connectivity index (χ2n) is 8.51. The van der Waals surface area contributed by atoms with Gasteiger partial charge in [0.05, 0.1) is 12.4 Å². The summed E-state index contributed by atoms with van der Waals surface area (Å²) in [6.45, 7) is 3.38. The number of H-pyrrole nitrogens is 1. The highest BCUT2D eigenvalue weighted by molar-refractivity contribution is 5.94. The van der Waals surface area contributed by atoms with E-state index in [0.29, 0.717) is 5.69 Å². The molecular formula is C21H33N7O8. The summed E-state index contributed by atoms with van der Waals surface area (Å²) in [7, 11) is 0. The number of rotatable bonds is 16. The van der Waals surface area contributed by atoms with Gasteiger partial charge in [-0.25, -0.2) is 9.78 Å². The number of carboxylic acid groups (broad SMARTS) is 2. The lowest BCUT2D eigenvalue weighted by atomic mass is 10.0.